The first kappa shape index (κ1) is 22.2. The minimum Gasteiger partial charge on any atom is -0.454 e. The summed E-state index contributed by atoms with van der Waals surface area (Å²) in [4.78, 5) is 22.7. The van der Waals surface area contributed by atoms with Crippen molar-refractivity contribution in [1.82, 2.24) is 0 Å². The third-order valence-corrected chi connectivity index (χ3v) is 4.67. The SMILES string of the molecule is CCCCNc1cc(C(=O)OCC(N)=O)cc(S(N)(=O)=O)c1Oc1ccccc1. The molecule has 2 aromatic carbocycles. The lowest BCUT2D eigenvalue weighted by Crippen LogP contribution is -2.21. The molecule has 0 radical (unpaired) electrons. The Bertz CT molecular complexity index is 977. The molecule has 0 saturated carbocycles. The summed E-state index contributed by atoms with van der Waals surface area (Å²) in [6.07, 6.45) is 1.69. The number of nitrogens with one attached hydrogen (secondary N) is 1. The first-order valence-corrected chi connectivity index (χ1v) is 10.4. The van der Waals surface area contributed by atoms with Crippen LogP contribution in [-0.2, 0) is 19.6 Å². The first-order valence-electron chi connectivity index (χ1n) is 8.85. The molecule has 2 rings (SSSR count). The topological polar surface area (TPSA) is 151 Å². The zero-order valence-electron chi connectivity index (χ0n) is 15.9. The summed E-state index contributed by atoms with van der Waals surface area (Å²) < 4.78 is 35.0. The summed E-state index contributed by atoms with van der Waals surface area (Å²) in [6.45, 7) is 1.87. The molecule has 29 heavy (non-hydrogen) atoms. The second kappa shape index (κ2) is 9.89. The molecule has 0 aliphatic rings. The van der Waals surface area contributed by atoms with Crippen molar-refractivity contribution in [3.63, 3.8) is 0 Å². The van der Waals surface area contributed by atoms with E-state index in [9.17, 15) is 18.0 Å². The molecule has 0 heterocycles. The monoisotopic (exact) mass is 421 g/mol. The number of esters is 1. The van der Waals surface area contributed by atoms with E-state index in [4.69, 9.17) is 20.3 Å². The van der Waals surface area contributed by atoms with E-state index < -0.39 is 33.4 Å². The van der Waals surface area contributed by atoms with Gasteiger partial charge in [0.05, 0.1) is 11.3 Å². The number of primary sulfonamides is 1. The Morgan fingerprint density at radius 1 is 1.14 bits per heavy atom. The smallest absolute Gasteiger partial charge is 0.338 e. The van der Waals surface area contributed by atoms with Gasteiger partial charge in [-0.1, -0.05) is 31.5 Å². The van der Waals surface area contributed by atoms with Crippen molar-refractivity contribution in [3.05, 3.63) is 48.0 Å². The number of primary amides is 1. The normalized spacial score (nSPS) is 11.0. The van der Waals surface area contributed by atoms with Crippen LogP contribution in [0.15, 0.2) is 47.4 Å². The molecule has 2 aromatic rings. The number of sulfonamides is 1. The van der Waals surface area contributed by atoms with Crippen molar-refractivity contribution < 1.29 is 27.5 Å². The van der Waals surface area contributed by atoms with Gasteiger partial charge in [0.1, 0.15) is 10.6 Å². The van der Waals surface area contributed by atoms with Crippen molar-refractivity contribution in [3.8, 4) is 11.5 Å². The molecule has 0 unspecified atom stereocenters. The fraction of sp³-hybridized carbons (Fsp3) is 0.263. The number of hydrogen-bond donors (Lipinski definition) is 3. The molecule has 0 atom stereocenters. The molecule has 0 aliphatic carbocycles. The van der Waals surface area contributed by atoms with E-state index in [0.717, 1.165) is 18.9 Å². The summed E-state index contributed by atoms with van der Waals surface area (Å²) in [7, 11) is -4.26. The second-order valence-corrected chi connectivity index (χ2v) is 7.66. The second-order valence-electron chi connectivity index (χ2n) is 6.13. The van der Waals surface area contributed by atoms with Gasteiger partial charge in [-0.05, 0) is 30.7 Å². The average Bonchev–Trinajstić information content (AvgIpc) is 2.67. The fourth-order valence-electron chi connectivity index (χ4n) is 2.39. The van der Waals surface area contributed by atoms with Gasteiger partial charge in [0.15, 0.2) is 12.4 Å². The largest absolute Gasteiger partial charge is 0.454 e. The Hall–Kier alpha value is -3.11. The van der Waals surface area contributed by atoms with E-state index in [0.29, 0.717) is 12.3 Å². The van der Waals surface area contributed by atoms with Crippen LogP contribution in [0.1, 0.15) is 30.1 Å². The first-order chi connectivity index (χ1) is 13.7. The van der Waals surface area contributed by atoms with Crippen LogP contribution < -0.4 is 20.9 Å². The molecule has 0 fully saturated rings. The van der Waals surface area contributed by atoms with E-state index >= 15 is 0 Å². The van der Waals surface area contributed by atoms with Gasteiger partial charge in [-0.15, -0.1) is 0 Å². The van der Waals surface area contributed by atoms with Crippen molar-refractivity contribution in [2.24, 2.45) is 10.9 Å². The number of benzene rings is 2. The minimum atomic E-state index is -4.26. The summed E-state index contributed by atoms with van der Waals surface area (Å²) in [5.41, 5.74) is 5.11. The molecule has 0 spiro atoms. The molecule has 0 bridgehead atoms. The van der Waals surface area contributed by atoms with Crippen LogP contribution in [-0.4, -0.2) is 33.4 Å². The predicted molar refractivity (Wildman–Crippen MR) is 107 cm³/mol. The maximum Gasteiger partial charge on any atom is 0.338 e. The average molecular weight is 421 g/mol. The highest BCUT2D eigenvalue weighted by molar-refractivity contribution is 7.89. The zero-order valence-corrected chi connectivity index (χ0v) is 16.7. The number of carbonyl (C=O) groups is 2. The summed E-state index contributed by atoms with van der Waals surface area (Å²) in [6, 6.07) is 11.0. The lowest BCUT2D eigenvalue weighted by molar-refractivity contribution is -0.121. The minimum absolute atomic E-state index is 0.0405. The standard InChI is InChI=1S/C19H23N3O6S/c1-2-3-9-22-15-10-13(19(24)27-12-17(20)23)11-16(29(21,25)26)18(15)28-14-7-5-4-6-8-14/h4-8,10-11,22H,2-3,9,12H2,1H3,(H2,20,23)(H2,21,25,26). The highest BCUT2D eigenvalue weighted by atomic mass is 32.2. The fourth-order valence-corrected chi connectivity index (χ4v) is 3.10. The number of nitrogens with two attached hydrogens (primary N) is 2. The number of anilines is 1. The summed E-state index contributed by atoms with van der Waals surface area (Å²) in [5.74, 6) is -1.41. The van der Waals surface area contributed by atoms with E-state index in [1.165, 1.54) is 6.07 Å². The van der Waals surface area contributed by atoms with E-state index in [2.05, 4.69) is 5.32 Å². The number of hydrogen-bond acceptors (Lipinski definition) is 7. The summed E-state index contributed by atoms with van der Waals surface area (Å²) in [5, 5.41) is 8.43. The number of unbranched alkanes of at least 4 members (excludes halogenated alkanes) is 1. The number of rotatable bonds is 10. The summed E-state index contributed by atoms with van der Waals surface area (Å²) >= 11 is 0. The van der Waals surface area contributed by atoms with E-state index in [1.807, 2.05) is 6.92 Å². The number of amides is 1. The highest BCUT2D eigenvalue weighted by Crippen LogP contribution is 2.37. The number of ether oxygens (including phenoxy) is 2. The molecule has 0 saturated heterocycles. The number of para-hydroxylation sites is 1. The zero-order chi connectivity index (χ0) is 21.4. The number of carbonyl (C=O) groups excluding carboxylic acids is 2. The van der Waals surface area contributed by atoms with Crippen LogP contribution in [0.25, 0.3) is 0 Å². The van der Waals surface area contributed by atoms with Gasteiger partial charge < -0.3 is 20.5 Å². The van der Waals surface area contributed by atoms with Gasteiger partial charge in [0.2, 0.25) is 10.0 Å². The van der Waals surface area contributed by atoms with Gasteiger partial charge in [0.25, 0.3) is 5.91 Å². The van der Waals surface area contributed by atoms with Crippen molar-refractivity contribution in [1.29, 1.82) is 0 Å². The Labute approximate surface area is 169 Å². The molecule has 10 heteroatoms. The Balaban J connectivity index is 2.55. The maximum absolute atomic E-state index is 12.2. The van der Waals surface area contributed by atoms with Gasteiger partial charge in [-0.3, -0.25) is 4.79 Å². The van der Waals surface area contributed by atoms with E-state index in [1.54, 1.807) is 30.3 Å². The van der Waals surface area contributed by atoms with Gasteiger partial charge >= 0.3 is 5.97 Å². The molecule has 1 amide bonds. The molecule has 0 aromatic heterocycles. The lowest BCUT2D eigenvalue weighted by Gasteiger charge is -2.17. The predicted octanol–water partition coefficient (Wildman–Crippen LogP) is 1.98. The highest BCUT2D eigenvalue weighted by Gasteiger charge is 2.24. The molecule has 0 aliphatic heterocycles. The van der Waals surface area contributed by atoms with Gasteiger partial charge in [-0.25, -0.2) is 18.4 Å². The van der Waals surface area contributed by atoms with Crippen LogP contribution in [0.2, 0.25) is 0 Å². The maximum atomic E-state index is 12.2. The Morgan fingerprint density at radius 3 is 2.41 bits per heavy atom. The van der Waals surface area contributed by atoms with Crippen molar-refractivity contribution in [2.75, 3.05) is 18.5 Å². The third kappa shape index (κ3) is 6.47. The van der Waals surface area contributed by atoms with E-state index in [-0.39, 0.29) is 17.0 Å². The van der Waals surface area contributed by atoms with Gasteiger partial charge in [0, 0.05) is 6.54 Å². The molecular weight excluding hydrogens is 398 g/mol. The van der Waals surface area contributed by atoms with Crippen LogP contribution in [0.4, 0.5) is 5.69 Å². The Kier molecular flexibility index (Phi) is 7.57. The Morgan fingerprint density at radius 2 is 1.83 bits per heavy atom. The van der Waals surface area contributed by atoms with Crippen molar-refractivity contribution in [2.45, 2.75) is 24.7 Å². The molecular formula is C19H23N3O6S. The van der Waals surface area contributed by atoms with Crippen LogP contribution in [0.3, 0.4) is 0 Å². The third-order valence-electron chi connectivity index (χ3n) is 3.75. The lowest BCUT2D eigenvalue weighted by atomic mass is 10.1. The molecule has 156 valence electrons. The quantitative estimate of drug-likeness (QED) is 0.392. The van der Waals surface area contributed by atoms with Crippen LogP contribution in [0, 0.1) is 0 Å². The van der Waals surface area contributed by atoms with Crippen molar-refractivity contribution >= 4 is 27.6 Å². The molecule has 5 N–H and O–H groups in total. The van der Waals surface area contributed by atoms with Gasteiger partial charge in [-0.2, -0.15) is 0 Å². The van der Waals surface area contributed by atoms with Crippen LogP contribution >= 0.6 is 0 Å². The van der Waals surface area contributed by atoms with Crippen LogP contribution in [0.5, 0.6) is 11.5 Å². The molecule has 9 nitrogen and oxygen atoms in total.